The molecule has 5 aromatic rings. The van der Waals surface area contributed by atoms with Crippen LogP contribution in [0, 0.1) is 0 Å². The number of aromatic nitrogens is 4. The van der Waals surface area contributed by atoms with Crippen molar-refractivity contribution in [2.45, 2.75) is 69.0 Å². The van der Waals surface area contributed by atoms with Gasteiger partial charge in [-0.05, 0) is 74.4 Å². The number of aliphatic hydroxyl groups excluding tert-OH is 1. The van der Waals surface area contributed by atoms with Crippen LogP contribution in [0.5, 0.6) is 11.5 Å². The van der Waals surface area contributed by atoms with E-state index in [1.54, 1.807) is 35.0 Å². The molecule has 58 heavy (non-hydrogen) atoms. The summed E-state index contributed by atoms with van der Waals surface area (Å²) >= 11 is 0. The molecule has 2 aromatic heterocycles. The van der Waals surface area contributed by atoms with Crippen LogP contribution < -0.4 is 20.5 Å². The number of aliphatic hydroxyl groups is 1. The summed E-state index contributed by atoms with van der Waals surface area (Å²) in [5, 5.41) is 14.8. The third-order valence-electron chi connectivity index (χ3n) is 9.45. The van der Waals surface area contributed by atoms with Crippen molar-refractivity contribution in [1.29, 1.82) is 0 Å². The number of hydrogen-bond donors (Lipinski definition) is 3. The molecule has 0 radical (unpaired) electrons. The normalized spacial score (nSPS) is 18.7. The SMILES string of the molecule is COc1ccc(C(OC[C@H]2O[C@@H](n3cnc4c(N)ncnc43)[C@H](OC(=O)C(CCSSC)NC(=O)OC(C)(C)C)[C@@H]2O)(c2ccccc2)c2ccc(OC)cc2)cc1. The minimum atomic E-state index is -1.44. The van der Waals surface area contributed by atoms with Gasteiger partial charge in [0, 0.05) is 5.75 Å². The molecular weight excluding hydrogens is 785 g/mol. The second kappa shape index (κ2) is 18.7. The highest BCUT2D eigenvalue weighted by Crippen LogP contribution is 2.43. The van der Waals surface area contributed by atoms with Crippen molar-refractivity contribution in [3.05, 3.63) is 108 Å². The Bertz CT molecular complexity index is 2090. The summed E-state index contributed by atoms with van der Waals surface area (Å²) in [6, 6.07) is 23.7. The first-order chi connectivity index (χ1) is 27.9. The Morgan fingerprint density at radius 2 is 1.55 bits per heavy atom. The number of amides is 1. The van der Waals surface area contributed by atoms with E-state index in [0.717, 1.165) is 16.7 Å². The second-order valence-electron chi connectivity index (χ2n) is 14.3. The fraction of sp³-hybridized carbons (Fsp3) is 0.390. The van der Waals surface area contributed by atoms with Gasteiger partial charge >= 0.3 is 12.1 Å². The number of carbonyl (C=O) groups excluding carboxylic acids is 2. The predicted molar refractivity (Wildman–Crippen MR) is 222 cm³/mol. The Balaban J connectivity index is 1.38. The first-order valence-electron chi connectivity index (χ1n) is 18.5. The molecule has 1 aliphatic heterocycles. The quantitative estimate of drug-likeness (QED) is 0.0461. The molecule has 1 amide bonds. The summed E-state index contributed by atoms with van der Waals surface area (Å²) in [5.41, 5.74) is 7.00. The van der Waals surface area contributed by atoms with Crippen LogP contribution in [0.2, 0.25) is 0 Å². The molecule has 3 heterocycles. The van der Waals surface area contributed by atoms with E-state index in [4.69, 9.17) is 34.2 Å². The Hall–Kier alpha value is -5.07. The Labute approximate surface area is 344 Å². The number of esters is 1. The van der Waals surface area contributed by atoms with E-state index < -0.39 is 53.8 Å². The minimum absolute atomic E-state index is 0.135. The van der Waals surface area contributed by atoms with E-state index in [9.17, 15) is 14.7 Å². The number of nitrogens with two attached hydrogens (primary N) is 1. The summed E-state index contributed by atoms with van der Waals surface area (Å²) < 4.78 is 37.7. The molecule has 1 fully saturated rings. The minimum Gasteiger partial charge on any atom is -0.497 e. The maximum absolute atomic E-state index is 14.1. The molecule has 308 valence electrons. The number of anilines is 1. The number of methoxy groups -OCH3 is 2. The summed E-state index contributed by atoms with van der Waals surface area (Å²) in [6.07, 6.45) is -0.891. The van der Waals surface area contributed by atoms with Gasteiger partial charge in [-0.25, -0.2) is 24.5 Å². The predicted octanol–water partition coefficient (Wildman–Crippen LogP) is 5.90. The number of hydrogen-bond acceptors (Lipinski definition) is 15. The summed E-state index contributed by atoms with van der Waals surface area (Å²) in [5.74, 6) is 1.17. The van der Waals surface area contributed by atoms with Gasteiger partial charge in [0.05, 0.1) is 27.2 Å². The molecule has 0 spiro atoms. The largest absolute Gasteiger partial charge is 0.497 e. The topological polar surface area (TPSA) is 191 Å². The lowest BCUT2D eigenvalue weighted by atomic mass is 9.80. The summed E-state index contributed by atoms with van der Waals surface area (Å²) in [4.78, 5) is 39.8. The van der Waals surface area contributed by atoms with Crippen LogP contribution in [0.25, 0.3) is 11.2 Å². The van der Waals surface area contributed by atoms with Gasteiger partial charge < -0.3 is 44.6 Å². The fourth-order valence-electron chi connectivity index (χ4n) is 6.71. The first-order valence-corrected chi connectivity index (χ1v) is 21.2. The number of carbonyl (C=O) groups is 2. The molecule has 3 aromatic carbocycles. The molecule has 1 unspecified atom stereocenters. The number of imidazole rings is 1. The summed E-state index contributed by atoms with van der Waals surface area (Å²) in [7, 11) is 6.24. The van der Waals surface area contributed by atoms with Gasteiger partial charge in [-0.15, -0.1) is 0 Å². The second-order valence-corrected chi connectivity index (χ2v) is 17.0. The zero-order valence-electron chi connectivity index (χ0n) is 33.1. The Morgan fingerprint density at radius 3 is 2.14 bits per heavy atom. The molecule has 1 aliphatic rings. The van der Waals surface area contributed by atoms with Crippen molar-refractivity contribution >= 4 is 50.6 Å². The molecule has 0 saturated carbocycles. The highest BCUT2D eigenvalue weighted by atomic mass is 33.1. The van der Waals surface area contributed by atoms with Crippen LogP contribution >= 0.6 is 21.6 Å². The number of fused-ring (bicyclic) bond motifs is 1. The number of nitrogens with one attached hydrogen (secondary N) is 1. The maximum atomic E-state index is 14.1. The molecule has 0 aliphatic carbocycles. The zero-order chi connectivity index (χ0) is 41.5. The molecular formula is C41H48N6O9S2. The van der Waals surface area contributed by atoms with E-state index in [1.807, 2.05) is 85.1 Å². The number of rotatable bonds is 16. The van der Waals surface area contributed by atoms with Crippen LogP contribution in [0.3, 0.4) is 0 Å². The Kier molecular flexibility index (Phi) is 13.7. The third-order valence-corrected chi connectivity index (χ3v) is 11.3. The van der Waals surface area contributed by atoms with E-state index in [0.29, 0.717) is 28.4 Å². The van der Waals surface area contributed by atoms with Crippen molar-refractivity contribution in [2.24, 2.45) is 0 Å². The fourth-order valence-corrected chi connectivity index (χ4v) is 8.00. The van der Waals surface area contributed by atoms with Crippen molar-refractivity contribution in [1.82, 2.24) is 24.8 Å². The van der Waals surface area contributed by atoms with E-state index in [-0.39, 0.29) is 18.8 Å². The standard InChI is InChI=1S/C41H48N6O9S2/c1-40(2,3)56-39(50)46-30(20-21-58-57-6)38(49)55-34-33(48)31(54-37(34)47-24-45-32-35(42)43-23-44-36(32)47)22-53-41(25-10-8-7-9-11-25,26-12-16-28(51-4)17-13-26)27-14-18-29(52-5)19-15-27/h7-19,23-24,30-31,33-34,37,48H,20-22H2,1-6H3,(H,46,50)(H2,42,43,44)/t30?,31-,33-,34-,37-/m1/s1. The average molecular weight is 833 g/mol. The van der Waals surface area contributed by atoms with Gasteiger partial charge in [0.25, 0.3) is 0 Å². The van der Waals surface area contributed by atoms with Crippen LogP contribution in [-0.4, -0.2) is 99.5 Å². The summed E-state index contributed by atoms with van der Waals surface area (Å²) in [6.45, 7) is 4.99. The molecule has 1 saturated heterocycles. The van der Waals surface area contributed by atoms with Gasteiger partial charge in [0.1, 0.15) is 52.8 Å². The van der Waals surface area contributed by atoms with Crippen molar-refractivity contribution < 1.29 is 43.1 Å². The third kappa shape index (κ3) is 9.45. The number of alkyl carbamates (subject to hydrolysis) is 1. The molecule has 5 atom stereocenters. The first kappa shape index (κ1) is 42.5. The van der Waals surface area contributed by atoms with Crippen molar-refractivity contribution in [3.63, 3.8) is 0 Å². The highest BCUT2D eigenvalue weighted by molar-refractivity contribution is 8.76. The average Bonchev–Trinajstić information content (AvgIpc) is 3.79. The van der Waals surface area contributed by atoms with E-state index >= 15 is 0 Å². The maximum Gasteiger partial charge on any atom is 0.408 e. The lowest BCUT2D eigenvalue weighted by molar-refractivity contribution is -0.161. The molecule has 0 bridgehead atoms. The highest BCUT2D eigenvalue weighted by Gasteiger charge is 2.50. The van der Waals surface area contributed by atoms with Gasteiger partial charge in [-0.1, -0.05) is 76.2 Å². The zero-order valence-corrected chi connectivity index (χ0v) is 34.7. The van der Waals surface area contributed by atoms with E-state index in [1.165, 1.54) is 38.8 Å². The van der Waals surface area contributed by atoms with Crippen LogP contribution in [0.15, 0.2) is 91.5 Å². The molecule has 15 nitrogen and oxygen atoms in total. The van der Waals surface area contributed by atoms with Gasteiger partial charge in [-0.3, -0.25) is 4.57 Å². The Morgan fingerprint density at radius 1 is 0.931 bits per heavy atom. The van der Waals surface area contributed by atoms with Crippen molar-refractivity contribution in [3.8, 4) is 11.5 Å². The number of benzene rings is 3. The number of ether oxygens (including phenoxy) is 6. The van der Waals surface area contributed by atoms with E-state index in [2.05, 4.69) is 20.3 Å². The van der Waals surface area contributed by atoms with Gasteiger partial charge in [0.2, 0.25) is 0 Å². The monoisotopic (exact) mass is 832 g/mol. The molecule has 4 N–H and O–H groups in total. The van der Waals surface area contributed by atoms with Crippen LogP contribution in [0.1, 0.15) is 50.1 Å². The van der Waals surface area contributed by atoms with Crippen LogP contribution in [0.4, 0.5) is 10.6 Å². The molecule has 6 rings (SSSR count). The smallest absolute Gasteiger partial charge is 0.408 e. The van der Waals surface area contributed by atoms with Gasteiger partial charge in [-0.2, -0.15) is 0 Å². The van der Waals surface area contributed by atoms with Gasteiger partial charge in [0.15, 0.2) is 23.8 Å². The number of nitrogen functional groups attached to an aromatic ring is 1. The van der Waals surface area contributed by atoms with Crippen LogP contribution in [-0.2, 0) is 29.3 Å². The van der Waals surface area contributed by atoms with Crippen molar-refractivity contribution in [2.75, 3.05) is 38.6 Å². The lowest BCUT2D eigenvalue weighted by Gasteiger charge is -2.37. The number of nitrogens with zero attached hydrogens (tertiary/aromatic N) is 4. The molecule has 17 heteroatoms. The lowest BCUT2D eigenvalue weighted by Crippen LogP contribution is -2.47.